The van der Waals surface area contributed by atoms with Crippen molar-refractivity contribution < 1.29 is 0 Å². The number of hydrogen-bond donors (Lipinski definition) is 0. The Kier molecular flexibility index (Phi) is 9.05. The average Bonchev–Trinajstić information content (AvgIpc) is 4.43. The van der Waals surface area contributed by atoms with Gasteiger partial charge >= 0.3 is 0 Å². The van der Waals surface area contributed by atoms with Crippen molar-refractivity contribution in [3.05, 3.63) is 230 Å². The van der Waals surface area contributed by atoms with Crippen LogP contribution in [0.3, 0.4) is 0 Å². The Bertz CT molecular complexity index is 5070. The number of nitrogens with zero attached hydrogens (tertiary/aromatic N) is 4. The minimum atomic E-state index is 0.484. The van der Waals surface area contributed by atoms with Crippen LogP contribution in [0, 0.1) is 22.7 Å². The molecule has 0 spiro atoms. The third-order valence-electron chi connectivity index (χ3n) is 15.4. The van der Waals surface area contributed by atoms with Crippen molar-refractivity contribution in [2.24, 2.45) is 0 Å². The van der Waals surface area contributed by atoms with E-state index in [4.69, 9.17) is 0 Å². The van der Waals surface area contributed by atoms with Crippen LogP contribution < -0.4 is 0 Å². The van der Waals surface area contributed by atoms with E-state index in [1.54, 1.807) is 34.0 Å². The van der Waals surface area contributed by atoms with Crippen LogP contribution in [-0.2, 0) is 0 Å². The second kappa shape index (κ2) is 16.1. The van der Waals surface area contributed by atoms with Crippen LogP contribution in [0.15, 0.2) is 218 Å². The fraction of sp³-hybridized carbons (Fsp3) is 0. The second-order valence-electron chi connectivity index (χ2n) is 19.2. The number of aromatic nitrogens is 2. The van der Waals surface area contributed by atoms with E-state index in [-0.39, 0.29) is 0 Å². The summed E-state index contributed by atoms with van der Waals surface area (Å²) in [6.07, 6.45) is 0. The molecule has 0 N–H and O–H groups in total. The largest absolute Gasteiger partial charge is 0.306 e. The lowest BCUT2D eigenvalue weighted by Gasteiger charge is -2.25. The fourth-order valence-electron chi connectivity index (χ4n) is 12.3. The molecule has 16 aromatic rings. The topological polar surface area (TPSA) is 57.4 Å². The van der Waals surface area contributed by atoms with Gasteiger partial charge in [0.25, 0.3) is 0 Å². The zero-order chi connectivity index (χ0) is 49.5. The van der Waals surface area contributed by atoms with Gasteiger partial charge in [-0.05, 0) is 46.5 Å². The molecular formula is C68H36N4S3. The first kappa shape index (κ1) is 42.2. The molecule has 0 fully saturated rings. The van der Waals surface area contributed by atoms with E-state index in [1.807, 2.05) is 36.4 Å². The van der Waals surface area contributed by atoms with Gasteiger partial charge in [0.1, 0.15) is 12.1 Å². The van der Waals surface area contributed by atoms with Crippen LogP contribution in [0.4, 0.5) is 0 Å². The molecule has 346 valence electrons. The summed E-state index contributed by atoms with van der Waals surface area (Å²) in [4.78, 5) is 0. The molecule has 5 heterocycles. The maximum atomic E-state index is 12.6. The van der Waals surface area contributed by atoms with E-state index in [9.17, 15) is 10.5 Å². The lowest BCUT2D eigenvalue weighted by atomic mass is 9.86. The minimum Gasteiger partial charge on any atom is -0.306 e. The Labute approximate surface area is 441 Å². The molecule has 0 radical (unpaired) electrons. The number of hydrogen-bond acceptors (Lipinski definition) is 5. The molecule has 0 saturated carbocycles. The second-order valence-corrected chi connectivity index (χ2v) is 22.4. The van der Waals surface area contributed by atoms with Gasteiger partial charge in [-0.25, -0.2) is 0 Å². The first-order valence-corrected chi connectivity index (χ1v) is 27.4. The molecule has 11 aromatic carbocycles. The number of nitriles is 2. The highest BCUT2D eigenvalue weighted by Crippen LogP contribution is 2.54. The zero-order valence-electron chi connectivity index (χ0n) is 39.8. The van der Waals surface area contributed by atoms with Crippen molar-refractivity contribution in [2.45, 2.75) is 0 Å². The number of benzene rings is 11. The van der Waals surface area contributed by atoms with Crippen molar-refractivity contribution in [1.82, 2.24) is 9.13 Å². The third kappa shape index (κ3) is 5.83. The molecule has 75 heavy (non-hydrogen) atoms. The summed E-state index contributed by atoms with van der Waals surface area (Å²) in [7, 11) is 0. The Morgan fingerprint density at radius 1 is 0.307 bits per heavy atom. The predicted octanol–water partition coefficient (Wildman–Crippen LogP) is 19.7. The van der Waals surface area contributed by atoms with E-state index < -0.39 is 0 Å². The average molecular weight is 1010 g/mol. The van der Waals surface area contributed by atoms with Crippen LogP contribution in [0.2, 0.25) is 0 Å². The highest BCUT2D eigenvalue weighted by Gasteiger charge is 2.34. The smallest absolute Gasteiger partial charge is 0.102 e. The van der Waals surface area contributed by atoms with Gasteiger partial charge in [0.2, 0.25) is 0 Å². The number of thiophene rings is 3. The molecule has 0 atom stereocenters. The summed E-state index contributed by atoms with van der Waals surface area (Å²) in [5.74, 6) is 0. The summed E-state index contributed by atoms with van der Waals surface area (Å²) in [5, 5.41) is 36.5. The lowest BCUT2D eigenvalue weighted by molar-refractivity contribution is 1.14. The quantitative estimate of drug-likeness (QED) is 0.172. The van der Waals surface area contributed by atoms with E-state index >= 15 is 0 Å². The van der Waals surface area contributed by atoms with Crippen LogP contribution in [0.1, 0.15) is 11.1 Å². The third-order valence-corrected chi connectivity index (χ3v) is 19.0. The van der Waals surface area contributed by atoms with Crippen LogP contribution in [0.25, 0.3) is 149 Å². The van der Waals surface area contributed by atoms with Gasteiger partial charge in [-0.1, -0.05) is 194 Å². The Morgan fingerprint density at radius 3 is 1.13 bits per heavy atom. The maximum absolute atomic E-state index is 12.6. The van der Waals surface area contributed by atoms with Gasteiger partial charge in [-0.15, -0.1) is 34.0 Å². The summed E-state index contributed by atoms with van der Waals surface area (Å²) in [6, 6.07) is 83.3. The monoisotopic (exact) mass is 1000 g/mol. The SMILES string of the molecule is N#Cc1c(-c2ccccc2)c(-n2c3c(ccc4c5ccccc5sc43)c3ccc4c5ccccc5sc4c32)c(C#N)c(-c2ccccc2)c1-n1c2cccc(-c3ccccc3)c2c2ccc3c4ccccc4sc3c21. The van der Waals surface area contributed by atoms with Gasteiger partial charge in [-0.2, -0.15) is 10.5 Å². The molecule has 0 amide bonds. The summed E-state index contributed by atoms with van der Waals surface area (Å²) < 4.78 is 11.7. The van der Waals surface area contributed by atoms with Gasteiger partial charge in [0, 0.05) is 79.1 Å². The predicted molar refractivity (Wildman–Crippen MR) is 320 cm³/mol. The molecule has 5 aromatic heterocycles. The van der Waals surface area contributed by atoms with E-state index in [2.05, 4.69) is 203 Å². The molecule has 0 bridgehead atoms. The molecular weight excluding hydrogens is 969 g/mol. The molecule has 0 unspecified atom stereocenters. The summed E-state index contributed by atoms with van der Waals surface area (Å²) in [5.41, 5.74) is 11.7. The highest BCUT2D eigenvalue weighted by atomic mass is 32.1. The summed E-state index contributed by atoms with van der Waals surface area (Å²) >= 11 is 5.36. The zero-order valence-corrected chi connectivity index (χ0v) is 42.2. The van der Waals surface area contributed by atoms with Gasteiger partial charge < -0.3 is 9.13 Å². The molecule has 0 aliphatic heterocycles. The minimum absolute atomic E-state index is 0.484. The number of fused-ring (bicyclic) bond motifs is 18. The molecule has 4 nitrogen and oxygen atoms in total. The molecule has 16 rings (SSSR count). The van der Waals surface area contributed by atoms with Crippen molar-refractivity contribution in [3.8, 4) is 56.9 Å². The van der Waals surface area contributed by atoms with E-state index in [0.717, 1.165) is 96.1 Å². The Hall–Kier alpha value is -9.34. The normalized spacial score (nSPS) is 12.0. The van der Waals surface area contributed by atoms with Crippen LogP contribution >= 0.6 is 34.0 Å². The fourth-order valence-corrected chi connectivity index (χ4v) is 16.1. The standard InChI is InChI=1S/C68H36N4S3/c69-37-52-59(41-21-8-3-9-22-41)62(72-63-46(31-33-48-43-23-10-13-28-55(43)73-66(48)63)47-32-34-49-44-24-11-14-29-56(44)74-67(49)64(47)72)53(38-70)58(40-19-6-2-7-20-40)61(52)71-54-27-16-26-42(39-17-4-1-5-18-39)60(54)51-36-35-50-45-25-12-15-30-57(45)75-68(50)65(51)71/h1-36H. The van der Waals surface area contributed by atoms with Gasteiger partial charge in [-0.3, -0.25) is 0 Å². The Balaban J connectivity index is 1.19. The summed E-state index contributed by atoms with van der Waals surface area (Å²) in [6.45, 7) is 0. The number of rotatable bonds is 5. The van der Waals surface area contributed by atoms with Crippen molar-refractivity contribution in [2.75, 3.05) is 0 Å². The van der Waals surface area contributed by atoms with E-state index in [0.29, 0.717) is 33.6 Å². The van der Waals surface area contributed by atoms with E-state index in [1.165, 1.54) is 30.3 Å². The molecule has 7 heteroatoms. The van der Waals surface area contributed by atoms with Crippen molar-refractivity contribution in [3.63, 3.8) is 0 Å². The first-order chi connectivity index (χ1) is 37.2. The van der Waals surface area contributed by atoms with Crippen LogP contribution in [0.5, 0.6) is 0 Å². The van der Waals surface area contributed by atoms with Gasteiger partial charge in [0.05, 0.1) is 58.7 Å². The Morgan fingerprint density at radius 2 is 0.680 bits per heavy atom. The molecule has 0 aliphatic carbocycles. The van der Waals surface area contributed by atoms with Crippen molar-refractivity contribution in [1.29, 1.82) is 10.5 Å². The lowest BCUT2D eigenvalue weighted by Crippen LogP contribution is -2.11. The molecule has 0 saturated heterocycles. The van der Waals surface area contributed by atoms with Crippen molar-refractivity contribution >= 4 is 138 Å². The van der Waals surface area contributed by atoms with Crippen LogP contribution in [-0.4, -0.2) is 9.13 Å². The molecule has 0 aliphatic rings. The first-order valence-electron chi connectivity index (χ1n) is 25.0. The maximum Gasteiger partial charge on any atom is 0.102 e. The highest BCUT2D eigenvalue weighted by molar-refractivity contribution is 7.27. The van der Waals surface area contributed by atoms with Gasteiger partial charge in [0.15, 0.2) is 0 Å².